The minimum Gasteiger partial charge on any atom is -0.480 e. The summed E-state index contributed by atoms with van der Waals surface area (Å²) in [6.07, 6.45) is 4.72. The molecule has 0 bridgehead atoms. The molecule has 5 nitrogen and oxygen atoms in total. The molecule has 0 radical (unpaired) electrons. The summed E-state index contributed by atoms with van der Waals surface area (Å²) in [6.45, 7) is 2.62. The van der Waals surface area contributed by atoms with Gasteiger partial charge in [-0.25, -0.2) is 9.59 Å². The highest BCUT2D eigenvalue weighted by atomic mass is 16.4. The van der Waals surface area contributed by atoms with E-state index in [-0.39, 0.29) is 6.03 Å². The molecule has 2 N–H and O–H groups in total. The van der Waals surface area contributed by atoms with Crippen molar-refractivity contribution >= 4 is 12.0 Å². The van der Waals surface area contributed by atoms with Crippen molar-refractivity contribution in [2.75, 3.05) is 13.6 Å². The Bertz CT molecular complexity index is 285. The Kier molecular flexibility index (Phi) is 4.78. The van der Waals surface area contributed by atoms with Gasteiger partial charge in [-0.2, -0.15) is 0 Å². The average molecular weight is 242 g/mol. The highest BCUT2D eigenvalue weighted by Crippen LogP contribution is 2.28. The molecule has 1 rings (SSSR count). The van der Waals surface area contributed by atoms with Gasteiger partial charge in [0.25, 0.3) is 0 Å². The van der Waals surface area contributed by atoms with Crippen LogP contribution in [-0.2, 0) is 4.79 Å². The van der Waals surface area contributed by atoms with Crippen LogP contribution in [0.1, 0.15) is 45.4 Å². The molecule has 0 spiro atoms. The molecule has 1 aliphatic rings. The molecular formula is C12H22N2O3. The second-order valence-corrected chi connectivity index (χ2v) is 4.80. The highest BCUT2D eigenvalue weighted by Gasteiger charge is 2.41. The van der Waals surface area contributed by atoms with E-state index in [0.717, 1.165) is 25.7 Å². The first-order chi connectivity index (χ1) is 8.02. The van der Waals surface area contributed by atoms with Crippen molar-refractivity contribution in [3.63, 3.8) is 0 Å². The van der Waals surface area contributed by atoms with Gasteiger partial charge in [0.1, 0.15) is 5.54 Å². The first-order valence-corrected chi connectivity index (χ1v) is 6.28. The Hall–Kier alpha value is -1.26. The summed E-state index contributed by atoms with van der Waals surface area (Å²) in [5.74, 6) is -0.907. The predicted octanol–water partition coefficient (Wildman–Crippen LogP) is 1.83. The van der Waals surface area contributed by atoms with Crippen molar-refractivity contribution < 1.29 is 14.7 Å². The number of carbonyl (C=O) groups is 2. The van der Waals surface area contributed by atoms with Crippen molar-refractivity contribution in [2.45, 2.75) is 51.0 Å². The molecule has 0 aromatic carbocycles. The van der Waals surface area contributed by atoms with Crippen molar-refractivity contribution in [1.29, 1.82) is 0 Å². The molecule has 0 atom stereocenters. The van der Waals surface area contributed by atoms with Crippen LogP contribution in [0.15, 0.2) is 0 Å². The molecule has 0 aromatic rings. The third kappa shape index (κ3) is 3.35. The van der Waals surface area contributed by atoms with Gasteiger partial charge in [0.15, 0.2) is 0 Å². The fourth-order valence-electron chi connectivity index (χ4n) is 2.28. The summed E-state index contributed by atoms with van der Waals surface area (Å²) in [5.41, 5.74) is -1.04. The molecule has 1 saturated carbocycles. The van der Waals surface area contributed by atoms with Gasteiger partial charge in [-0.3, -0.25) is 0 Å². The number of rotatable bonds is 4. The maximum atomic E-state index is 11.9. The summed E-state index contributed by atoms with van der Waals surface area (Å²) >= 11 is 0. The lowest BCUT2D eigenvalue weighted by Gasteiger charge is -2.35. The van der Waals surface area contributed by atoms with Crippen molar-refractivity contribution in [3.8, 4) is 0 Å². The number of amides is 2. The van der Waals surface area contributed by atoms with Crippen LogP contribution < -0.4 is 5.32 Å². The van der Waals surface area contributed by atoms with Crippen molar-refractivity contribution in [1.82, 2.24) is 10.2 Å². The smallest absolute Gasteiger partial charge is 0.329 e. The number of urea groups is 1. The third-order valence-corrected chi connectivity index (χ3v) is 3.37. The molecule has 17 heavy (non-hydrogen) atoms. The monoisotopic (exact) mass is 242 g/mol. The average Bonchev–Trinajstić information content (AvgIpc) is 2.30. The molecule has 0 unspecified atom stereocenters. The molecule has 1 aliphatic carbocycles. The van der Waals surface area contributed by atoms with Crippen molar-refractivity contribution in [3.05, 3.63) is 0 Å². The van der Waals surface area contributed by atoms with E-state index in [2.05, 4.69) is 5.32 Å². The minimum atomic E-state index is -1.04. The van der Waals surface area contributed by atoms with Gasteiger partial charge in [0.05, 0.1) is 0 Å². The predicted molar refractivity (Wildman–Crippen MR) is 64.9 cm³/mol. The molecule has 1 fully saturated rings. The van der Waals surface area contributed by atoms with Crippen LogP contribution in [0.5, 0.6) is 0 Å². The third-order valence-electron chi connectivity index (χ3n) is 3.37. The lowest BCUT2D eigenvalue weighted by molar-refractivity contribution is -0.145. The number of hydrogen-bond acceptors (Lipinski definition) is 2. The summed E-state index contributed by atoms with van der Waals surface area (Å²) in [6, 6.07) is -0.281. The molecular weight excluding hydrogens is 220 g/mol. The number of nitrogens with zero attached hydrogens (tertiary/aromatic N) is 1. The molecule has 5 heteroatoms. The zero-order chi connectivity index (χ0) is 12.9. The number of aliphatic carboxylic acids is 1. The molecule has 0 saturated heterocycles. The Morgan fingerprint density at radius 1 is 1.29 bits per heavy atom. The van der Waals surface area contributed by atoms with Crippen LogP contribution in [0.2, 0.25) is 0 Å². The van der Waals surface area contributed by atoms with Crippen LogP contribution in [0, 0.1) is 0 Å². The van der Waals surface area contributed by atoms with Crippen LogP contribution in [0.3, 0.4) is 0 Å². The molecule has 2 amide bonds. The zero-order valence-corrected chi connectivity index (χ0v) is 10.7. The first-order valence-electron chi connectivity index (χ1n) is 6.28. The second-order valence-electron chi connectivity index (χ2n) is 4.80. The van der Waals surface area contributed by atoms with Gasteiger partial charge in [-0.1, -0.05) is 26.2 Å². The van der Waals surface area contributed by atoms with Gasteiger partial charge in [-0.15, -0.1) is 0 Å². The summed E-state index contributed by atoms with van der Waals surface area (Å²) < 4.78 is 0. The van der Waals surface area contributed by atoms with Gasteiger partial charge in [-0.05, 0) is 19.3 Å². The van der Waals surface area contributed by atoms with Gasteiger partial charge in [0, 0.05) is 13.6 Å². The SMILES string of the molecule is CCCN(C)C(=O)NC1(C(=O)O)CCCCC1. The van der Waals surface area contributed by atoms with E-state index >= 15 is 0 Å². The normalized spacial score (nSPS) is 18.5. The van der Waals surface area contributed by atoms with Crippen LogP contribution in [0.25, 0.3) is 0 Å². The van der Waals surface area contributed by atoms with E-state index in [1.54, 1.807) is 11.9 Å². The van der Waals surface area contributed by atoms with E-state index in [9.17, 15) is 14.7 Å². The summed E-state index contributed by atoms with van der Waals surface area (Å²) in [5, 5.41) is 12.0. The Balaban J connectivity index is 2.66. The topological polar surface area (TPSA) is 69.6 Å². The van der Waals surface area contributed by atoms with Gasteiger partial charge >= 0.3 is 12.0 Å². The Morgan fingerprint density at radius 3 is 2.35 bits per heavy atom. The van der Waals surface area contributed by atoms with Crippen LogP contribution >= 0.6 is 0 Å². The second kappa shape index (κ2) is 5.89. The molecule has 0 aromatic heterocycles. The Labute approximate surface area is 102 Å². The van der Waals surface area contributed by atoms with E-state index in [0.29, 0.717) is 19.4 Å². The van der Waals surface area contributed by atoms with E-state index < -0.39 is 11.5 Å². The number of carbonyl (C=O) groups excluding carboxylic acids is 1. The fraction of sp³-hybridized carbons (Fsp3) is 0.833. The highest BCUT2D eigenvalue weighted by molar-refractivity contribution is 5.86. The maximum absolute atomic E-state index is 11.9. The molecule has 98 valence electrons. The quantitative estimate of drug-likeness (QED) is 0.790. The van der Waals surface area contributed by atoms with E-state index in [4.69, 9.17) is 0 Å². The lowest BCUT2D eigenvalue weighted by Crippen LogP contribution is -2.58. The number of carboxylic acids is 1. The summed E-state index contributed by atoms with van der Waals surface area (Å²) in [7, 11) is 1.69. The molecule has 0 aliphatic heterocycles. The lowest BCUT2D eigenvalue weighted by atomic mass is 9.82. The summed E-state index contributed by atoms with van der Waals surface area (Å²) in [4.78, 5) is 24.8. The van der Waals surface area contributed by atoms with Gasteiger partial charge < -0.3 is 15.3 Å². The standard InChI is InChI=1S/C12H22N2O3/c1-3-9-14(2)11(17)13-12(10(15)16)7-5-4-6-8-12/h3-9H2,1-2H3,(H,13,17)(H,15,16). The Morgan fingerprint density at radius 2 is 1.88 bits per heavy atom. The van der Waals surface area contributed by atoms with E-state index in [1.807, 2.05) is 6.92 Å². The minimum absolute atomic E-state index is 0.281. The van der Waals surface area contributed by atoms with Crippen LogP contribution in [0.4, 0.5) is 4.79 Å². The van der Waals surface area contributed by atoms with Crippen LogP contribution in [-0.4, -0.2) is 41.1 Å². The molecule has 0 heterocycles. The van der Waals surface area contributed by atoms with E-state index in [1.165, 1.54) is 0 Å². The first kappa shape index (κ1) is 13.8. The maximum Gasteiger partial charge on any atom is 0.329 e. The fourth-order valence-corrected chi connectivity index (χ4v) is 2.28. The zero-order valence-electron chi connectivity index (χ0n) is 10.7. The largest absolute Gasteiger partial charge is 0.480 e. The van der Waals surface area contributed by atoms with Gasteiger partial charge in [0.2, 0.25) is 0 Å². The number of nitrogens with one attached hydrogen (secondary N) is 1. The number of carboxylic acid groups (broad SMARTS) is 1. The van der Waals surface area contributed by atoms with Crippen molar-refractivity contribution in [2.24, 2.45) is 0 Å². The number of hydrogen-bond donors (Lipinski definition) is 2.